The first kappa shape index (κ1) is 15.0. The lowest BCUT2D eigenvalue weighted by Gasteiger charge is -2.08. The quantitative estimate of drug-likeness (QED) is 0.861. The van der Waals surface area contributed by atoms with Crippen LogP contribution in [0.5, 0.6) is 0 Å². The Labute approximate surface area is 126 Å². The molecule has 0 amide bonds. The number of halogens is 1. The van der Waals surface area contributed by atoms with E-state index in [0.29, 0.717) is 17.9 Å². The van der Waals surface area contributed by atoms with E-state index in [-0.39, 0.29) is 5.75 Å². The smallest absolute Gasteiger partial charge is 0.238 e. The van der Waals surface area contributed by atoms with E-state index in [4.69, 9.17) is 5.73 Å². The van der Waals surface area contributed by atoms with Gasteiger partial charge in [0.05, 0.1) is 5.75 Å². The van der Waals surface area contributed by atoms with Crippen LogP contribution in [0.2, 0.25) is 0 Å². The molecule has 2 rings (SSSR count). The van der Waals surface area contributed by atoms with Crippen molar-refractivity contribution < 1.29 is 8.42 Å². The maximum atomic E-state index is 12.1. The third-order valence-electron chi connectivity index (χ3n) is 2.57. The Morgan fingerprint density at radius 3 is 2.60 bits per heavy atom. The van der Waals surface area contributed by atoms with Crippen LogP contribution >= 0.6 is 15.9 Å². The van der Waals surface area contributed by atoms with Crippen LogP contribution in [0.25, 0.3) is 0 Å². The summed E-state index contributed by atoms with van der Waals surface area (Å²) in [6, 6.07) is 10.5. The van der Waals surface area contributed by atoms with Crippen molar-refractivity contribution in [1.29, 1.82) is 0 Å². The van der Waals surface area contributed by atoms with E-state index in [1.165, 1.54) is 6.20 Å². The van der Waals surface area contributed by atoms with E-state index >= 15 is 0 Å². The van der Waals surface area contributed by atoms with Crippen molar-refractivity contribution in [2.24, 2.45) is 5.73 Å². The number of anilines is 1. The van der Waals surface area contributed by atoms with E-state index in [9.17, 15) is 8.42 Å². The van der Waals surface area contributed by atoms with Gasteiger partial charge < -0.3 is 5.73 Å². The predicted molar refractivity (Wildman–Crippen MR) is 82.5 cm³/mol. The van der Waals surface area contributed by atoms with Crippen LogP contribution in [0, 0.1) is 0 Å². The molecule has 5 nitrogen and oxygen atoms in total. The third kappa shape index (κ3) is 4.29. The molecule has 1 heterocycles. The highest BCUT2D eigenvalue weighted by Crippen LogP contribution is 2.14. The van der Waals surface area contributed by atoms with Gasteiger partial charge in [0, 0.05) is 17.2 Å². The number of sulfonamides is 1. The van der Waals surface area contributed by atoms with Gasteiger partial charge in [-0.05, 0) is 39.2 Å². The summed E-state index contributed by atoms with van der Waals surface area (Å²) in [5.74, 6) is 0.182. The van der Waals surface area contributed by atoms with E-state index in [1.807, 2.05) is 6.07 Å². The van der Waals surface area contributed by atoms with Crippen LogP contribution in [-0.2, 0) is 22.3 Å². The molecule has 0 unspecified atom stereocenters. The van der Waals surface area contributed by atoms with Crippen LogP contribution < -0.4 is 10.5 Å². The molecular formula is C13H14BrN3O2S. The number of rotatable bonds is 5. The highest BCUT2D eigenvalue weighted by molar-refractivity contribution is 9.10. The van der Waals surface area contributed by atoms with Crippen LogP contribution in [0.3, 0.4) is 0 Å². The second-order valence-corrected chi connectivity index (χ2v) is 6.88. The van der Waals surface area contributed by atoms with Gasteiger partial charge in [0.2, 0.25) is 10.0 Å². The number of nitrogens with one attached hydrogen (secondary N) is 1. The first-order valence-corrected chi connectivity index (χ1v) is 8.33. The maximum Gasteiger partial charge on any atom is 0.238 e. The van der Waals surface area contributed by atoms with Crippen molar-refractivity contribution in [3.8, 4) is 0 Å². The molecule has 0 bridgehead atoms. The number of aromatic nitrogens is 1. The minimum Gasteiger partial charge on any atom is -0.326 e. The highest BCUT2D eigenvalue weighted by Gasteiger charge is 2.12. The Kier molecular flexibility index (Phi) is 4.74. The summed E-state index contributed by atoms with van der Waals surface area (Å²) in [6.45, 7) is 0.385. The summed E-state index contributed by atoms with van der Waals surface area (Å²) in [6.07, 6.45) is 1.53. The lowest BCUT2D eigenvalue weighted by atomic mass is 10.1. The van der Waals surface area contributed by atoms with Crippen molar-refractivity contribution >= 4 is 31.8 Å². The first-order chi connectivity index (χ1) is 9.48. The van der Waals surface area contributed by atoms with Gasteiger partial charge in [0.15, 0.2) is 0 Å². The van der Waals surface area contributed by atoms with Gasteiger partial charge in [-0.15, -0.1) is 0 Å². The highest BCUT2D eigenvalue weighted by atomic mass is 79.9. The molecule has 0 aliphatic heterocycles. The molecule has 0 saturated carbocycles. The summed E-state index contributed by atoms with van der Waals surface area (Å²) >= 11 is 3.24. The Hall–Kier alpha value is -1.44. The molecule has 0 fully saturated rings. The number of hydrogen-bond donors (Lipinski definition) is 2. The Morgan fingerprint density at radius 2 is 1.95 bits per heavy atom. The second-order valence-electron chi connectivity index (χ2n) is 4.25. The first-order valence-electron chi connectivity index (χ1n) is 5.88. The second kappa shape index (κ2) is 6.34. The normalized spacial score (nSPS) is 11.3. The predicted octanol–water partition coefficient (Wildman–Crippen LogP) is 2.24. The summed E-state index contributed by atoms with van der Waals surface area (Å²) < 4.78 is 27.3. The van der Waals surface area contributed by atoms with Crippen LogP contribution in [0.1, 0.15) is 11.1 Å². The van der Waals surface area contributed by atoms with Crippen LogP contribution in [-0.4, -0.2) is 13.4 Å². The SMILES string of the molecule is NCc1cccc(CS(=O)(=O)Nc2ccc(Br)cn2)c1. The molecular weight excluding hydrogens is 342 g/mol. The number of nitrogens with zero attached hydrogens (tertiary/aromatic N) is 1. The summed E-state index contributed by atoms with van der Waals surface area (Å²) in [5.41, 5.74) is 7.14. The molecule has 2 aromatic rings. The fourth-order valence-electron chi connectivity index (χ4n) is 1.70. The fraction of sp³-hybridized carbons (Fsp3) is 0.154. The number of pyridine rings is 1. The Balaban J connectivity index is 2.12. The molecule has 0 atom stereocenters. The molecule has 7 heteroatoms. The summed E-state index contributed by atoms with van der Waals surface area (Å²) in [5, 5.41) is 0. The van der Waals surface area contributed by atoms with Gasteiger partial charge in [0.25, 0.3) is 0 Å². The number of benzene rings is 1. The topological polar surface area (TPSA) is 85.1 Å². The molecule has 0 spiro atoms. The van der Waals surface area contributed by atoms with E-state index in [2.05, 4.69) is 25.6 Å². The van der Waals surface area contributed by atoms with Crippen LogP contribution in [0.15, 0.2) is 47.1 Å². The monoisotopic (exact) mass is 355 g/mol. The molecule has 1 aromatic carbocycles. The van der Waals surface area contributed by atoms with Crippen molar-refractivity contribution in [2.45, 2.75) is 12.3 Å². The zero-order chi connectivity index (χ0) is 14.6. The molecule has 0 aliphatic rings. The van der Waals surface area contributed by atoms with E-state index < -0.39 is 10.0 Å². The standard InChI is InChI=1S/C13H14BrN3O2S/c14-12-4-5-13(16-8-12)17-20(18,19)9-11-3-1-2-10(6-11)7-15/h1-6,8H,7,9,15H2,(H,16,17). The minimum absolute atomic E-state index is 0.113. The molecule has 1 aromatic heterocycles. The molecule has 3 N–H and O–H groups in total. The van der Waals surface area contributed by atoms with Gasteiger partial charge >= 0.3 is 0 Å². The lowest BCUT2D eigenvalue weighted by Crippen LogP contribution is -2.16. The van der Waals surface area contributed by atoms with Crippen molar-refractivity contribution in [3.63, 3.8) is 0 Å². The van der Waals surface area contributed by atoms with Crippen molar-refractivity contribution in [2.75, 3.05) is 4.72 Å². The lowest BCUT2D eigenvalue weighted by molar-refractivity contribution is 0.600. The zero-order valence-corrected chi connectivity index (χ0v) is 13.0. The molecule has 106 valence electrons. The zero-order valence-electron chi connectivity index (χ0n) is 10.6. The van der Waals surface area contributed by atoms with Crippen molar-refractivity contribution in [3.05, 3.63) is 58.2 Å². The van der Waals surface area contributed by atoms with Crippen molar-refractivity contribution in [1.82, 2.24) is 4.98 Å². The Morgan fingerprint density at radius 1 is 1.20 bits per heavy atom. The molecule has 0 aliphatic carbocycles. The average molecular weight is 356 g/mol. The van der Waals surface area contributed by atoms with Gasteiger partial charge in [-0.3, -0.25) is 4.72 Å². The maximum absolute atomic E-state index is 12.1. The summed E-state index contributed by atoms with van der Waals surface area (Å²) in [7, 11) is -3.49. The van der Waals surface area contributed by atoms with Gasteiger partial charge in [0.1, 0.15) is 5.82 Å². The minimum atomic E-state index is -3.49. The average Bonchev–Trinajstić information content (AvgIpc) is 2.41. The number of hydrogen-bond acceptors (Lipinski definition) is 4. The molecule has 20 heavy (non-hydrogen) atoms. The van der Waals surface area contributed by atoms with Gasteiger partial charge in [-0.2, -0.15) is 0 Å². The largest absolute Gasteiger partial charge is 0.326 e. The third-order valence-corrected chi connectivity index (χ3v) is 4.27. The number of nitrogens with two attached hydrogens (primary N) is 1. The Bertz CT molecular complexity index is 687. The molecule has 0 saturated heterocycles. The fourth-order valence-corrected chi connectivity index (χ4v) is 3.06. The van der Waals surface area contributed by atoms with Crippen LogP contribution in [0.4, 0.5) is 5.82 Å². The van der Waals surface area contributed by atoms with Gasteiger partial charge in [-0.25, -0.2) is 13.4 Å². The van der Waals surface area contributed by atoms with E-state index in [0.717, 1.165) is 10.0 Å². The van der Waals surface area contributed by atoms with E-state index in [1.54, 1.807) is 30.3 Å². The van der Waals surface area contributed by atoms with Gasteiger partial charge in [-0.1, -0.05) is 24.3 Å². The molecule has 0 radical (unpaired) electrons. The summed E-state index contributed by atoms with van der Waals surface area (Å²) in [4.78, 5) is 3.98.